The highest BCUT2D eigenvalue weighted by Crippen LogP contribution is 2.26. The summed E-state index contributed by atoms with van der Waals surface area (Å²) in [6.07, 6.45) is 52.8. The minimum absolute atomic E-state index is 0.125. The van der Waals surface area contributed by atoms with E-state index >= 15 is 0 Å². The van der Waals surface area contributed by atoms with Crippen LogP contribution in [-0.4, -0.2) is 99.6 Å². The van der Waals surface area contributed by atoms with Crippen LogP contribution in [-0.2, 0) is 23.8 Å². The Morgan fingerprint density at radius 1 is 0.520 bits per heavy atom. The van der Waals surface area contributed by atoms with E-state index in [1.54, 1.807) is 6.08 Å². The Bertz CT molecular complexity index is 1400. The van der Waals surface area contributed by atoms with Gasteiger partial charge >= 0.3 is 5.97 Å². The Morgan fingerprint density at radius 3 is 1.40 bits per heavy atom. The van der Waals surface area contributed by atoms with Crippen LogP contribution >= 0.6 is 0 Å². The van der Waals surface area contributed by atoms with E-state index in [4.69, 9.17) is 14.2 Å². The van der Waals surface area contributed by atoms with E-state index in [2.05, 4.69) is 62.5 Å². The number of aliphatic hydroxyl groups excluding tert-OH is 5. The zero-order chi connectivity index (χ0) is 54.7. The van der Waals surface area contributed by atoms with E-state index < -0.39 is 67.4 Å². The number of rotatable bonds is 53. The summed E-state index contributed by atoms with van der Waals surface area (Å²) in [6.45, 7) is 5.77. The van der Waals surface area contributed by atoms with Crippen molar-refractivity contribution >= 4 is 11.9 Å². The van der Waals surface area contributed by atoms with Crippen LogP contribution in [0.25, 0.3) is 0 Å². The van der Waals surface area contributed by atoms with Crippen LogP contribution in [0.5, 0.6) is 0 Å². The van der Waals surface area contributed by atoms with Crippen molar-refractivity contribution in [1.82, 2.24) is 5.32 Å². The second-order valence-corrected chi connectivity index (χ2v) is 21.8. The minimum Gasteiger partial charge on any atom is -0.454 e. The molecule has 0 bridgehead atoms. The number of unbranched alkanes of at least 4 members (excludes halogenated alkanes) is 33. The Balaban J connectivity index is 2.70. The molecule has 0 aromatic carbocycles. The maximum absolute atomic E-state index is 13.4. The standard InChI is InChI=1S/C64H117NO10/c1-4-7-10-13-16-19-22-25-27-28-29-31-33-36-39-42-45-48-51-57(68)63(72)65-55(56(67)50-47-44-41-38-35-32-24-21-18-15-12-9-6-3)54-73-64-62(61(71)60(70)58(53-66)74-64)75-59(69)52-49-46-43-40-37-34-30-26-23-20-17-14-11-8-5-2/h16,19,25,27,29,31,47,50,55-58,60-62,64,66-68,70-71H,4-15,17-18,20-24,26,28,30,32-46,48-49,51-54H2,1-3H3,(H,65,72)/b19-16-,27-25-,31-29-,50-47+. The Kier molecular flexibility index (Phi) is 49.3. The van der Waals surface area contributed by atoms with E-state index in [-0.39, 0.29) is 19.4 Å². The number of ether oxygens (including phenoxy) is 3. The third-order valence-corrected chi connectivity index (χ3v) is 14.7. The van der Waals surface area contributed by atoms with Gasteiger partial charge in [0.15, 0.2) is 12.4 Å². The maximum Gasteiger partial charge on any atom is 0.306 e. The first-order valence-corrected chi connectivity index (χ1v) is 31.4. The molecular weight excluding hydrogens is 943 g/mol. The third-order valence-electron chi connectivity index (χ3n) is 14.7. The SMILES string of the molecule is CCCCC/C=C\C/C=C\C/C=C\CCCCCCCC(O)C(=O)NC(COC1OC(CO)C(O)C(O)C1OC(=O)CCCCCCCCCCCCCCCCC)C(O)/C=C/CCCCCCCCCCCCC. The minimum atomic E-state index is -1.61. The largest absolute Gasteiger partial charge is 0.454 e. The molecule has 1 saturated heterocycles. The first-order chi connectivity index (χ1) is 36.7. The van der Waals surface area contributed by atoms with Gasteiger partial charge in [-0.2, -0.15) is 0 Å². The van der Waals surface area contributed by atoms with E-state index in [0.717, 1.165) is 83.5 Å². The Hall–Kier alpha value is -2.38. The van der Waals surface area contributed by atoms with Crippen LogP contribution in [0.3, 0.4) is 0 Å². The van der Waals surface area contributed by atoms with Gasteiger partial charge in [-0.25, -0.2) is 0 Å². The summed E-state index contributed by atoms with van der Waals surface area (Å²) in [5.41, 5.74) is 0. The molecule has 1 heterocycles. The number of aliphatic hydroxyl groups is 5. The van der Waals surface area contributed by atoms with Crippen LogP contribution in [0.15, 0.2) is 48.6 Å². The molecule has 8 unspecified atom stereocenters. The highest BCUT2D eigenvalue weighted by atomic mass is 16.7. The second-order valence-electron chi connectivity index (χ2n) is 21.8. The number of hydrogen-bond donors (Lipinski definition) is 6. The summed E-state index contributed by atoms with van der Waals surface area (Å²) in [5.74, 6) is -1.20. The normalized spacial score (nSPS) is 19.5. The highest BCUT2D eigenvalue weighted by Gasteiger charge is 2.47. The van der Waals surface area contributed by atoms with E-state index in [9.17, 15) is 35.1 Å². The molecule has 11 heteroatoms. The Morgan fingerprint density at radius 2 is 0.920 bits per heavy atom. The summed E-state index contributed by atoms with van der Waals surface area (Å²) in [7, 11) is 0. The average Bonchev–Trinajstić information content (AvgIpc) is 3.41. The summed E-state index contributed by atoms with van der Waals surface area (Å²) >= 11 is 0. The van der Waals surface area contributed by atoms with Gasteiger partial charge in [0.1, 0.15) is 24.4 Å². The fourth-order valence-corrected chi connectivity index (χ4v) is 9.72. The number of esters is 1. The zero-order valence-corrected chi connectivity index (χ0v) is 48.4. The van der Waals surface area contributed by atoms with Crippen molar-refractivity contribution in [3.8, 4) is 0 Å². The molecule has 1 aliphatic rings. The molecule has 8 atom stereocenters. The molecule has 1 rings (SSSR count). The molecule has 75 heavy (non-hydrogen) atoms. The monoisotopic (exact) mass is 1060 g/mol. The van der Waals surface area contributed by atoms with Crippen molar-refractivity contribution in [3.05, 3.63) is 48.6 Å². The van der Waals surface area contributed by atoms with Gasteiger partial charge < -0.3 is 45.1 Å². The van der Waals surface area contributed by atoms with Crippen molar-refractivity contribution < 1.29 is 49.3 Å². The number of carbonyl (C=O) groups excluding carboxylic acids is 2. The molecule has 0 spiro atoms. The summed E-state index contributed by atoms with van der Waals surface area (Å²) < 4.78 is 17.6. The highest BCUT2D eigenvalue weighted by molar-refractivity contribution is 5.80. The van der Waals surface area contributed by atoms with Crippen molar-refractivity contribution in [1.29, 1.82) is 0 Å². The molecule has 0 aromatic heterocycles. The summed E-state index contributed by atoms with van der Waals surface area (Å²) in [4.78, 5) is 26.5. The molecule has 1 amide bonds. The first kappa shape index (κ1) is 70.6. The summed E-state index contributed by atoms with van der Waals surface area (Å²) in [6, 6.07) is -1.03. The molecule has 0 radical (unpaired) electrons. The van der Waals surface area contributed by atoms with Gasteiger partial charge in [-0.1, -0.05) is 262 Å². The van der Waals surface area contributed by atoms with Crippen LogP contribution in [0.4, 0.5) is 0 Å². The number of allylic oxidation sites excluding steroid dienone is 7. The van der Waals surface area contributed by atoms with Gasteiger partial charge in [-0.05, 0) is 64.2 Å². The predicted octanol–water partition coefficient (Wildman–Crippen LogP) is 14.8. The predicted molar refractivity (Wildman–Crippen MR) is 310 cm³/mol. The zero-order valence-electron chi connectivity index (χ0n) is 48.4. The van der Waals surface area contributed by atoms with Crippen molar-refractivity contribution in [2.45, 2.75) is 333 Å². The average molecular weight is 1060 g/mol. The van der Waals surface area contributed by atoms with Gasteiger partial charge in [0.05, 0.1) is 25.4 Å². The number of nitrogens with one attached hydrogen (secondary N) is 1. The van der Waals surface area contributed by atoms with E-state index in [1.807, 2.05) is 6.08 Å². The lowest BCUT2D eigenvalue weighted by atomic mass is 9.99. The molecule has 11 nitrogen and oxygen atoms in total. The van der Waals surface area contributed by atoms with Gasteiger partial charge in [0, 0.05) is 6.42 Å². The van der Waals surface area contributed by atoms with Gasteiger partial charge in [-0.3, -0.25) is 9.59 Å². The smallest absolute Gasteiger partial charge is 0.306 e. The number of amides is 1. The van der Waals surface area contributed by atoms with Gasteiger partial charge in [0.25, 0.3) is 0 Å². The molecule has 1 fully saturated rings. The lowest BCUT2D eigenvalue weighted by Crippen LogP contribution is -2.61. The third kappa shape index (κ3) is 40.5. The lowest BCUT2D eigenvalue weighted by Gasteiger charge is -2.41. The van der Waals surface area contributed by atoms with Gasteiger partial charge in [-0.15, -0.1) is 0 Å². The van der Waals surface area contributed by atoms with Gasteiger partial charge in [0.2, 0.25) is 5.91 Å². The lowest BCUT2D eigenvalue weighted by molar-refractivity contribution is -0.305. The molecule has 0 aliphatic carbocycles. The molecule has 0 aromatic rings. The van der Waals surface area contributed by atoms with Crippen molar-refractivity contribution in [2.24, 2.45) is 0 Å². The van der Waals surface area contributed by atoms with Crippen LogP contribution in [0.1, 0.15) is 284 Å². The van der Waals surface area contributed by atoms with Crippen molar-refractivity contribution in [3.63, 3.8) is 0 Å². The number of hydrogen-bond acceptors (Lipinski definition) is 10. The van der Waals surface area contributed by atoms with E-state index in [1.165, 1.54) is 154 Å². The number of carbonyl (C=O) groups is 2. The quantitative estimate of drug-likeness (QED) is 0.0195. The van der Waals surface area contributed by atoms with Crippen LogP contribution in [0, 0.1) is 0 Å². The molecule has 6 N–H and O–H groups in total. The molecule has 1 aliphatic heterocycles. The fourth-order valence-electron chi connectivity index (χ4n) is 9.72. The summed E-state index contributed by atoms with van der Waals surface area (Å²) in [5, 5.41) is 57.0. The topological polar surface area (TPSA) is 175 Å². The van der Waals surface area contributed by atoms with E-state index in [0.29, 0.717) is 12.8 Å². The Labute approximate surface area is 459 Å². The maximum atomic E-state index is 13.4. The van der Waals surface area contributed by atoms with Crippen LogP contribution in [0.2, 0.25) is 0 Å². The second kappa shape index (κ2) is 52.3. The molecule has 0 saturated carbocycles. The van der Waals surface area contributed by atoms with Crippen LogP contribution < -0.4 is 5.32 Å². The molecule has 438 valence electrons. The molecular formula is C64H117NO10. The fraction of sp³-hybridized carbons (Fsp3) is 0.844. The van der Waals surface area contributed by atoms with Crippen molar-refractivity contribution in [2.75, 3.05) is 13.2 Å². The first-order valence-electron chi connectivity index (χ1n) is 31.4.